The van der Waals surface area contributed by atoms with Crippen LogP contribution < -0.4 is 10.2 Å². The second kappa shape index (κ2) is 6.83. The lowest BCUT2D eigenvalue weighted by Crippen LogP contribution is -2.45. The van der Waals surface area contributed by atoms with Crippen LogP contribution in [0.2, 0.25) is 0 Å². The average Bonchev–Trinajstić information content (AvgIpc) is 2.95. The summed E-state index contributed by atoms with van der Waals surface area (Å²) in [7, 11) is 1.78. The highest BCUT2D eigenvalue weighted by atomic mass is 16.4. The zero-order valence-electron chi connectivity index (χ0n) is 13.3. The van der Waals surface area contributed by atoms with Crippen molar-refractivity contribution in [3.63, 3.8) is 0 Å². The highest BCUT2D eigenvalue weighted by molar-refractivity contribution is 5.85. The predicted octanol–water partition coefficient (Wildman–Crippen LogP) is 1.88. The molecular weight excluding hydrogens is 292 g/mol. The third kappa shape index (κ3) is 3.71. The first-order chi connectivity index (χ1) is 11.1. The van der Waals surface area contributed by atoms with Crippen molar-refractivity contribution in [3.05, 3.63) is 47.8 Å². The molecule has 2 aromatic rings. The number of aryl methyl sites for hydroxylation is 1. The summed E-state index contributed by atoms with van der Waals surface area (Å²) in [5.74, 6) is -0.986. The molecule has 1 saturated heterocycles. The number of aromatic carboxylic acids is 1. The fraction of sp³-hybridized carbons (Fsp3) is 0.412. The molecule has 1 aliphatic rings. The molecule has 1 fully saturated rings. The fourth-order valence-electron chi connectivity index (χ4n) is 3.04. The van der Waals surface area contributed by atoms with Crippen molar-refractivity contribution in [1.29, 1.82) is 0 Å². The third-order valence-electron chi connectivity index (χ3n) is 4.31. The normalized spacial score (nSPS) is 18.1. The van der Waals surface area contributed by atoms with Gasteiger partial charge in [-0.2, -0.15) is 5.10 Å². The van der Waals surface area contributed by atoms with Crippen molar-refractivity contribution in [2.24, 2.45) is 7.05 Å². The molecule has 1 aliphatic heterocycles. The van der Waals surface area contributed by atoms with E-state index < -0.39 is 5.97 Å². The van der Waals surface area contributed by atoms with Crippen LogP contribution in [0, 0.1) is 0 Å². The van der Waals surface area contributed by atoms with E-state index in [1.165, 1.54) is 5.69 Å². The molecule has 1 atom stereocenters. The first-order valence-corrected chi connectivity index (χ1v) is 7.93. The molecule has 0 saturated carbocycles. The van der Waals surface area contributed by atoms with Gasteiger partial charge in [-0.25, -0.2) is 4.79 Å². The smallest absolute Gasteiger partial charge is 0.356 e. The minimum Gasteiger partial charge on any atom is -0.476 e. The number of hydrogen-bond donors (Lipinski definition) is 2. The Hall–Kier alpha value is -2.34. The Morgan fingerprint density at radius 1 is 1.39 bits per heavy atom. The van der Waals surface area contributed by atoms with Gasteiger partial charge >= 0.3 is 5.97 Å². The number of nitrogens with one attached hydrogen (secondary N) is 1. The van der Waals surface area contributed by atoms with Gasteiger partial charge in [0, 0.05) is 38.4 Å². The predicted molar refractivity (Wildman–Crippen MR) is 88.7 cm³/mol. The third-order valence-corrected chi connectivity index (χ3v) is 4.31. The molecule has 0 amide bonds. The summed E-state index contributed by atoms with van der Waals surface area (Å²) in [6, 6.07) is 12.5. The zero-order valence-corrected chi connectivity index (χ0v) is 13.3. The lowest BCUT2D eigenvalue weighted by molar-refractivity contribution is 0.0689. The minimum absolute atomic E-state index is 0.0962. The topological polar surface area (TPSA) is 70.4 Å². The van der Waals surface area contributed by atoms with E-state index in [-0.39, 0.29) is 5.69 Å². The Kier molecular flexibility index (Phi) is 4.62. The SMILES string of the molecule is Cn1nc(C(=O)O)cc1CNC1CCCN(c2ccccc2)C1. The van der Waals surface area contributed by atoms with Crippen molar-refractivity contribution >= 4 is 11.7 Å². The lowest BCUT2D eigenvalue weighted by atomic mass is 10.0. The number of rotatable bonds is 5. The molecule has 3 rings (SSSR count). The molecule has 1 aromatic carbocycles. The number of carboxylic acids is 1. The monoisotopic (exact) mass is 314 g/mol. The minimum atomic E-state index is -0.986. The largest absolute Gasteiger partial charge is 0.476 e. The molecule has 122 valence electrons. The molecule has 1 unspecified atom stereocenters. The number of piperidine rings is 1. The number of hydrogen-bond acceptors (Lipinski definition) is 4. The number of benzene rings is 1. The molecule has 6 nitrogen and oxygen atoms in total. The van der Waals surface area contributed by atoms with Gasteiger partial charge in [-0.1, -0.05) is 18.2 Å². The van der Waals surface area contributed by atoms with Gasteiger partial charge < -0.3 is 15.3 Å². The highest BCUT2D eigenvalue weighted by Crippen LogP contribution is 2.19. The number of carboxylic acid groups (broad SMARTS) is 1. The van der Waals surface area contributed by atoms with Crippen LogP contribution in [-0.4, -0.2) is 40.0 Å². The summed E-state index contributed by atoms with van der Waals surface area (Å²) in [5, 5.41) is 16.5. The van der Waals surface area contributed by atoms with Crippen LogP contribution in [0.3, 0.4) is 0 Å². The Morgan fingerprint density at radius 3 is 2.87 bits per heavy atom. The van der Waals surface area contributed by atoms with Crippen LogP contribution in [0.1, 0.15) is 29.0 Å². The number of carbonyl (C=O) groups is 1. The van der Waals surface area contributed by atoms with E-state index in [2.05, 4.69) is 39.6 Å². The Labute approximate surface area is 135 Å². The zero-order chi connectivity index (χ0) is 16.2. The number of aromatic nitrogens is 2. The summed E-state index contributed by atoms with van der Waals surface area (Å²) in [6.07, 6.45) is 2.28. The van der Waals surface area contributed by atoms with E-state index in [1.807, 2.05) is 6.07 Å². The van der Waals surface area contributed by atoms with Crippen LogP contribution in [0.5, 0.6) is 0 Å². The first-order valence-electron chi connectivity index (χ1n) is 7.93. The van der Waals surface area contributed by atoms with Gasteiger partial charge in [0.2, 0.25) is 0 Å². The number of nitrogens with zero attached hydrogens (tertiary/aromatic N) is 3. The maximum absolute atomic E-state index is 11.0. The molecular formula is C17H22N4O2. The maximum Gasteiger partial charge on any atom is 0.356 e. The second-order valence-electron chi connectivity index (χ2n) is 5.95. The van der Waals surface area contributed by atoms with Crippen molar-refractivity contribution in [3.8, 4) is 0 Å². The van der Waals surface area contributed by atoms with Gasteiger partial charge in [0.05, 0.1) is 5.69 Å². The van der Waals surface area contributed by atoms with Crippen LogP contribution >= 0.6 is 0 Å². The van der Waals surface area contributed by atoms with Crippen molar-refractivity contribution in [1.82, 2.24) is 15.1 Å². The van der Waals surface area contributed by atoms with Crippen molar-refractivity contribution < 1.29 is 9.90 Å². The molecule has 2 heterocycles. The number of para-hydroxylation sites is 1. The Balaban J connectivity index is 1.59. The first kappa shape index (κ1) is 15.6. The van der Waals surface area contributed by atoms with Crippen molar-refractivity contribution in [2.75, 3.05) is 18.0 Å². The van der Waals surface area contributed by atoms with E-state index in [0.717, 1.165) is 31.6 Å². The quantitative estimate of drug-likeness (QED) is 0.882. The van der Waals surface area contributed by atoms with E-state index >= 15 is 0 Å². The molecule has 23 heavy (non-hydrogen) atoms. The summed E-state index contributed by atoms with van der Waals surface area (Å²) in [6.45, 7) is 2.68. The fourth-order valence-corrected chi connectivity index (χ4v) is 3.04. The van der Waals surface area contributed by atoms with Crippen LogP contribution in [0.4, 0.5) is 5.69 Å². The summed E-state index contributed by atoms with van der Waals surface area (Å²) in [5.41, 5.74) is 2.24. The molecule has 0 radical (unpaired) electrons. The molecule has 0 bridgehead atoms. The molecule has 0 aliphatic carbocycles. The van der Waals surface area contributed by atoms with Crippen LogP contribution in [0.15, 0.2) is 36.4 Å². The summed E-state index contributed by atoms with van der Waals surface area (Å²) < 4.78 is 1.63. The maximum atomic E-state index is 11.0. The molecule has 6 heteroatoms. The molecule has 1 aromatic heterocycles. The van der Waals surface area contributed by atoms with Crippen molar-refractivity contribution in [2.45, 2.75) is 25.4 Å². The standard InChI is InChI=1S/C17H22N4O2/c1-20-15(10-16(19-20)17(22)23)11-18-13-6-5-9-21(12-13)14-7-3-2-4-8-14/h2-4,7-8,10,13,18H,5-6,9,11-12H2,1H3,(H,22,23). The Bertz CT molecular complexity index is 668. The van der Waals surface area contributed by atoms with Gasteiger partial charge in [-0.05, 0) is 31.0 Å². The lowest BCUT2D eigenvalue weighted by Gasteiger charge is -2.35. The van der Waals surface area contributed by atoms with E-state index in [4.69, 9.17) is 5.11 Å². The van der Waals surface area contributed by atoms with Gasteiger partial charge in [-0.15, -0.1) is 0 Å². The Morgan fingerprint density at radius 2 is 2.17 bits per heavy atom. The highest BCUT2D eigenvalue weighted by Gasteiger charge is 2.20. The second-order valence-corrected chi connectivity index (χ2v) is 5.95. The van der Waals surface area contributed by atoms with Gasteiger partial charge in [0.15, 0.2) is 5.69 Å². The summed E-state index contributed by atoms with van der Waals surface area (Å²) >= 11 is 0. The van der Waals surface area contributed by atoms with Crippen LogP contribution in [-0.2, 0) is 13.6 Å². The van der Waals surface area contributed by atoms with Gasteiger partial charge in [0.1, 0.15) is 0 Å². The molecule has 0 spiro atoms. The summed E-state index contributed by atoms with van der Waals surface area (Å²) in [4.78, 5) is 13.4. The van der Waals surface area contributed by atoms with Gasteiger partial charge in [0.25, 0.3) is 0 Å². The number of anilines is 1. The van der Waals surface area contributed by atoms with Gasteiger partial charge in [-0.3, -0.25) is 4.68 Å². The average molecular weight is 314 g/mol. The van der Waals surface area contributed by atoms with E-state index in [9.17, 15) is 4.79 Å². The molecule has 2 N–H and O–H groups in total. The van der Waals surface area contributed by atoms with Crippen LogP contribution in [0.25, 0.3) is 0 Å². The van der Waals surface area contributed by atoms with E-state index in [1.54, 1.807) is 17.8 Å². The van der Waals surface area contributed by atoms with E-state index in [0.29, 0.717) is 12.6 Å².